The van der Waals surface area contributed by atoms with Gasteiger partial charge in [-0.05, 0) is 25.1 Å². The van der Waals surface area contributed by atoms with E-state index in [4.69, 9.17) is 16.3 Å². The summed E-state index contributed by atoms with van der Waals surface area (Å²) in [7, 11) is 0. The highest BCUT2D eigenvalue weighted by Crippen LogP contribution is 2.29. The molecule has 1 aromatic carbocycles. The van der Waals surface area contributed by atoms with Crippen molar-refractivity contribution in [2.45, 2.75) is 6.92 Å². The number of thiazole rings is 1. The van der Waals surface area contributed by atoms with Crippen molar-refractivity contribution in [2.24, 2.45) is 0 Å². The number of hydrogen-bond acceptors (Lipinski definition) is 3. The summed E-state index contributed by atoms with van der Waals surface area (Å²) in [6.07, 6.45) is 0. The molecule has 0 aliphatic heterocycles. The highest BCUT2D eigenvalue weighted by molar-refractivity contribution is 7.07. The van der Waals surface area contributed by atoms with Gasteiger partial charge in [0.1, 0.15) is 5.75 Å². The van der Waals surface area contributed by atoms with Crippen LogP contribution in [-0.4, -0.2) is 11.6 Å². The molecular weight excluding hydrogens is 230 g/mol. The zero-order chi connectivity index (χ0) is 10.7. The van der Waals surface area contributed by atoms with E-state index in [0.717, 1.165) is 11.3 Å². The SMILES string of the molecule is CCOc1ccc(-c2cs[c]n2)cc1Cl. The normalized spacial score (nSPS) is 10.3. The molecule has 1 aromatic heterocycles. The van der Waals surface area contributed by atoms with Crippen molar-refractivity contribution in [3.63, 3.8) is 0 Å². The molecule has 1 heterocycles. The third kappa shape index (κ3) is 2.30. The molecule has 0 atom stereocenters. The van der Waals surface area contributed by atoms with E-state index in [1.165, 1.54) is 11.3 Å². The molecule has 0 aliphatic rings. The molecule has 2 nitrogen and oxygen atoms in total. The first-order valence-electron chi connectivity index (χ1n) is 4.55. The van der Waals surface area contributed by atoms with Gasteiger partial charge in [-0.1, -0.05) is 11.6 Å². The largest absolute Gasteiger partial charge is 0.492 e. The van der Waals surface area contributed by atoms with Crippen LogP contribution in [0.5, 0.6) is 5.75 Å². The van der Waals surface area contributed by atoms with Crippen LogP contribution >= 0.6 is 22.9 Å². The van der Waals surface area contributed by atoms with Crippen molar-refractivity contribution >= 4 is 22.9 Å². The summed E-state index contributed by atoms with van der Waals surface area (Å²) in [6.45, 7) is 2.54. The lowest BCUT2D eigenvalue weighted by atomic mass is 10.2. The van der Waals surface area contributed by atoms with Crippen molar-refractivity contribution < 1.29 is 4.74 Å². The van der Waals surface area contributed by atoms with Gasteiger partial charge in [0.05, 0.1) is 17.3 Å². The molecule has 0 N–H and O–H groups in total. The van der Waals surface area contributed by atoms with Gasteiger partial charge >= 0.3 is 0 Å². The summed E-state index contributed by atoms with van der Waals surface area (Å²) in [6, 6.07) is 5.66. The standard InChI is InChI=1S/C11H9ClNOS/c1-2-14-11-4-3-8(5-9(11)12)10-6-15-7-13-10/h3-6H,2H2,1H3. The van der Waals surface area contributed by atoms with E-state index in [0.29, 0.717) is 17.4 Å². The predicted octanol–water partition coefficient (Wildman–Crippen LogP) is 3.66. The fourth-order valence-corrected chi connectivity index (χ4v) is 1.99. The molecule has 0 aliphatic carbocycles. The van der Waals surface area contributed by atoms with Gasteiger partial charge in [0.2, 0.25) is 0 Å². The number of halogens is 1. The maximum absolute atomic E-state index is 6.07. The van der Waals surface area contributed by atoms with Crippen molar-refractivity contribution in [3.8, 4) is 17.0 Å². The molecule has 0 saturated heterocycles. The molecule has 77 valence electrons. The van der Waals surface area contributed by atoms with Crippen molar-refractivity contribution in [1.82, 2.24) is 4.98 Å². The Kier molecular flexibility index (Phi) is 3.23. The van der Waals surface area contributed by atoms with E-state index < -0.39 is 0 Å². The van der Waals surface area contributed by atoms with Crippen LogP contribution in [0.4, 0.5) is 0 Å². The number of hydrogen-bond donors (Lipinski definition) is 0. The Morgan fingerprint density at radius 3 is 3.00 bits per heavy atom. The van der Waals surface area contributed by atoms with Crippen LogP contribution < -0.4 is 4.74 Å². The second kappa shape index (κ2) is 4.64. The first-order chi connectivity index (χ1) is 7.31. The Balaban J connectivity index is 2.33. The summed E-state index contributed by atoms with van der Waals surface area (Å²) in [4.78, 5) is 4.10. The Labute approximate surface area is 97.5 Å². The third-order valence-corrected chi connectivity index (χ3v) is 2.75. The maximum Gasteiger partial charge on any atom is 0.152 e. The highest BCUT2D eigenvalue weighted by atomic mass is 35.5. The molecule has 0 spiro atoms. The highest BCUT2D eigenvalue weighted by Gasteiger charge is 2.05. The van der Waals surface area contributed by atoms with Gasteiger partial charge in [0.15, 0.2) is 5.51 Å². The number of ether oxygens (including phenoxy) is 1. The van der Waals surface area contributed by atoms with Crippen molar-refractivity contribution in [2.75, 3.05) is 6.61 Å². The molecule has 0 bridgehead atoms. The Hall–Kier alpha value is -1.06. The number of nitrogens with zero attached hydrogens (tertiary/aromatic N) is 1. The predicted molar refractivity (Wildman–Crippen MR) is 62.6 cm³/mol. The zero-order valence-electron chi connectivity index (χ0n) is 8.16. The third-order valence-electron chi connectivity index (χ3n) is 1.92. The average Bonchev–Trinajstić information content (AvgIpc) is 2.74. The quantitative estimate of drug-likeness (QED) is 0.814. The van der Waals surface area contributed by atoms with E-state index in [2.05, 4.69) is 10.5 Å². The molecule has 0 saturated carbocycles. The number of aromatic nitrogens is 1. The molecule has 2 rings (SSSR count). The Morgan fingerprint density at radius 2 is 2.40 bits per heavy atom. The lowest BCUT2D eigenvalue weighted by molar-refractivity contribution is 0.340. The van der Waals surface area contributed by atoms with Crippen LogP contribution in [0.1, 0.15) is 6.92 Å². The lowest BCUT2D eigenvalue weighted by Gasteiger charge is -2.06. The molecule has 4 heteroatoms. The minimum atomic E-state index is 0.613. The molecular formula is C11H9ClNOS. The van der Waals surface area contributed by atoms with Crippen molar-refractivity contribution in [1.29, 1.82) is 0 Å². The van der Waals surface area contributed by atoms with Crippen LogP contribution in [0.15, 0.2) is 23.6 Å². The van der Waals surface area contributed by atoms with E-state index in [-0.39, 0.29) is 0 Å². The van der Waals surface area contributed by atoms with Crippen LogP contribution in [0, 0.1) is 5.51 Å². The number of rotatable bonds is 3. The van der Waals surface area contributed by atoms with E-state index in [1.54, 1.807) is 0 Å². The molecule has 0 amide bonds. The molecule has 2 aromatic rings. The topological polar surface area (TPSA) is 22.1 Å². The van der Waals surface area contributed by atoms with E-state index in [1.807, 2.05) is 30.5 Å². The first kappa shape index (κ1) is 10.5. The van der Waals surface area contributed by atoms with Gasteiger partial charge in [-0.3, -0.25) is 0 Å². The maximum atomic E-state index is 6.07. The van der Waals surface area contributed by atoms with Crippen molar-refractivity contribution in [3.05, 3.63) is 34.1 Å². The second-order valence-corrected chi connectivity index (χ2v) is 3.96. The summed E-state index contributed by atoms with van der Waals surface area (Å²) < 4.78 is 5.35. The van der Waals surface area contributed by atoms with Gasteiger partial charge in [0.25, 0.3) is 0 Å². The monoisotopic (exact) mass is 238 g/mol. The van der Waals surface area contributed by atoms with Crippen LogP contribution in [0.25, 0.3) is 11.3 Å². The second-order valence-electron chi connectivity index (χ2n) is 2.90. The first-order valence-corrected chi connectivity index (χ1v) is 5.81. The minimum absolute atomic E-state index is 0.613. The van der Waals surface area contributed by atoms with Crippen LogP contribution in [0.2, 0.25) is 5.02 Å². The average molecular weight is 239 g/mol. The van der Waals surface area contributed by atoms with Crippen LogP contribution in [-0.2, 0) is 0 Å². The van der Waals surface area contributed by atoms with Gasteiger partial charge in [-0.25, -0.2) is 4.98 Å². The summed E-state index contributed by atoms with van der Waals surface area (Å²) in [5, 5.41) is 2.55. The van der Waals surface area contributed by atoms with E-state index >= 15 is 0 Å². The fourth-order valence-electron chi connectivity index (χ4n) is 1.25. The molecule has 1 radical (unpaired) electrons. The Morgan fingerprint density at radius 1 is 1.53 bits per heavy atom. The van der Waals surface area contributed by atoms with Gasteiger partial charge in [-0.2, -0.15) is 0 Å². The zero-order valence-corrected chi connectivity index (χ0v) is 9.73. The lowest BCUT2D eigenvalue weighted by Crippen LogP contribution is -1.92. The van der Waals surface area contributed by atoms with Gasteiger partial charge in [0, 0.05) is 10.9 Å². The minimum Gasteiger partial charge on any atom is -0.492 e. The smallest absolute Gasteiger partial charge is 0.152 e. The van der Waals surface area contributed by atoms with Crippen LogP contribution in [0.3, 0.4) is 0 Å². The molecule has 15 heavy (non-hydrogen) atoms. The molecule has 0 unspecified atom stereocenters. The summed E-state index contributed by atoms with van der Waals surface area (Å²) >= 11 is 7.51. The van der Waals surface area contributed by atoms with E-state index in [9.17, 15) is 0 Å². The molecule has 0 fully saturated rings. The number of benzene rings is 1. The summed E-state index contributed by atoms with van der Waals surface area (Å²) in [5.41, 5.74) is 4.69. The Bertz CT molecular complexity index is 442. The van der Waals surface area contributed by atoms with Gasteiger partial charge in [-0.15, -0.1) is 11.3 Å². The fraction of sp³-hybridized carbons (Fsp3) is 0.182. The van der Waals surface area contributed by atoms with Gasteiger partial charge < -0.3 is 4.74 Å². The summed E-state index contributed by atoms with van der Waals surface area (Å²) in [5.74, 6) is 0.710.